The molecule has 1 amide bonds. The monoisotopic (exact) mass is 357 g/mol. The average Bonchev–Trinajstić information content (AvgIpc) is 3.00. The molecule has 3 aromatic heterocycles. The predicted molar refractivity (Wildman–Crippen MR) is 94.2 cm³/mol. The van der Waals surface area contributed by atoms with Gasteiger partial charge in [-0.1, -0.05) is 0 Å². The number of nitrogens with one attached hydrogen (secondary N) is 1. The minimum atomic E-state index is -0.394. The molecule has 3 aromatic rings. The van der Waals surface area contributed by atoms with Crippen molar-refractivity contribution in [1.29, 1.82) is 0 Å². The number of fused-ring (bicyclic) bond motifs is 1. The number of rotatable bonds is 4. The van der Waals surface area contributed by atoms with Gasteiger partial charge < -0.3 is 10.2 Å². The van der Waals surface area contributed by atoms with E-state index in [1.54, 1.807) is 11.1 Å². The second-order valence-electron chi connectivity index (χ2n) is 5.98. The molecule has 1 aliphatic heterocycles. The summed E-state index contributed by atoms with van der Waals surface area (Å²) in [7, 11) is 0. The van der Waals surface area contributed by atoms with Crippen LogP contribution in [0.2, 0.25) is 0 Å². The SMILES string of the molecule is C[C@H](Nc1nc(C(=O)N2CCC2)c2sccc2n1)c1cncc(F)c1. The fourth-order valence-electron chi connectivity index (χ4n) is 2.68. The Morgan fingerprint density at radius 1 is 1.36 bits per heavy atom. The van der Waals surface area contributed by atoms with Crippen LogP contribution >= 0.6 is 11.3 Å². The number of likely N-dealkylation sites (tertiary alicyclic amines) is 1. The first-order valence-corrected chi connectivity index (χ1v) is 8.91. The van der Waals surface area contributed by atoms with Gasteiger partial charge in [0.2, 0.25) is 5.95 Å². The van der Waals surface area contributed by atoms with E-state index in [1.807, 2.05) is 18.4 Å². The summed E-state index contributed by atoms with van der Waals surface area (Å²) in [4.78, 5) is 27.2. The van der Waals surface area contributed by atoms with Gasteiger partial charge in [-0.05, 0) is 36.4 Å². The number of hydrogen-bond donors (Lipinski definition) is 1. The van der Waals surface area contributed by atoms with Crippen molar-refractivity contribution in [2.75, 3.05) is 18.4 Å². The van der Waals surface area contributed by atoms with Crippen molar-refractivity contribution in [3.8, 4) is 0 Å². The molecule has 1 atom stereocenters. The summed E-state index contributed by atoms with van der Waals surface area (Å²) in [5.74, 6) is -0.107. The number of thiophene rings is 1. The van der Waals surface area contributed by atoms with Gasteiger partial charge in [-0.2, -0.15) is 0 Å². The van der Waals surface area contributed by atoms with Gasteiger partial charge >= 0.3 is 0 Å². The Balaban J connectivity index is 1.66. The zero-order valence-corrected chi connectivity index (χ0v) is 14.4. The summed E-state index contributed by atoms with van der Waals surface area (Å²) < 4.78 is 14.2. The number of carbonyl (C=O) groups is 1. The zero-order valence-electron chi connectivity index (χ0n) is 13.6. The Hall–Kier alpha value is -2.61. The third-order valence-corrected chi connectivity index (χ3v) is 5.13. The predicted octanol–water partition coefficient (Wildman–Crippen LogP) is 3.24. The second kappa shape index (κ2) is 6.36. The second-order valence-corrected chi connectivity index (χ2v) is 6.90. The van der Waals surface area contributed by atoms with Gasteiger partial charge in [0.1, 0.15) is 5.82 Å². The van der Waals surface area contributed by atoms with Crippen molar-refractivity contribution >= 4 is 33.4 Å². The van der Waals surface area contributed by atoms with Crippen molar-refractivity contribution in [2.45, 2.75) is 19.4 Å². The molecular formula is C17H16FN5OS. The lowest BCUT2D eigenvalue weighted by Crippen LogP contribution is -2.42. The number of hydrogen-bond acceptors (Lipinski definition) is 6. The van der Waals surface area contributed by atoms with Gasteiger partial charge in [0.15, 0.2) is 5.69 Å². The van der Waals surface area contributed by atoms with Crippen LogP contribution in [0.5, 0.6) is 0 Å². The number of aromatic nitrogens is 3. The molecule has 128 valence electrons. The van der Waals surface area contributed by atoms with Crippen LogP contribution in [0, 0.1) is 5.82 Å². The molecule has 0 saturated carbocycles. The van der Waals surface area contributed by atoms with Gasteiger partial charge in [-0.25, -0.2) is 14.4 Å². The maximum Gasteiger partial charge on any atom is 0.274 e. The van der Waals surface area contributed by atoms with Gasteiger partial charge in [0, 0.05) is 19.3 Å². The van der Waals surface area contributed by atoms with E-state index in [-0.39, 0.29) is 11.9 Å². The Bertz CT molecular complexity index is 940. The van der Waals surface area contributed by atoms with Crippen molar-refractivity contribution in [3.05, 3.63) is 47.0 Å². The number of pyridine rings is 1. The van der Waals surface area contributed by atoms with E-state index >= 15 is 0 Å². The summed E-state index contributed by atoms with van der Waals surface area (Å²) >= 11 is 1.46. The minimum Gasteiger partial charge on any atom is -0.348 e. The highest BCUT2D eigenvalue weighted by Crippen LogP contribution is 2.27. The third kappa shape index (κ3) is 3.05. The quantitative estimate of drug-likeness (QED) is 0.776. The fourth-order valence-corrected chi connectivity index (χ4v) is 3.50. The highest BCUT2D eigenvalue weighted by atomic mass is 32.1. The van der Waals surface area contributed by atoms with E-state index < -0.39 is 5.82 Å². The summed E-state index contributed by atoms with van der Waals surface area (Å²) in [6.07, 6.45) is 3.78. The Kier molecular flexibility index (Phi) is 4.04. The number of carbonyl (C=O) groups excluding carboxylic acids is 1. The molecular weight excluding hydrogens is 341 g/mol. The molecule has 8 heteroatoms. The van der Waals surface area contributed by atoms with E-state index in [4.69, 9.17) is 0 Å². The normalized spacial score (nSPS) is 15.0. The van der Waals surface area contributed by atoms with E-state index in [0.29, 0.717) is 17.2 Å². The van der Waals surface area contributed by atoms with Gasteiger partial charge in [0.05, 0.1) is 22.5 Å². The Labute approximate surface area is 147 Å². The maximum absolute atomic E-state index is 13.4. The summed E-state index contributed by atoms with van der Waals surface area (Å²) in [5, 5.41) is 5.04. The van der Waals surface area contributed by atoms with Crippen LogP contribution in [0.15, 0.2) is 29.9 Å². The molecule has 0 aliphatic carbocycles. The van der Waals surface area contributed by atoms with Crippen LogP contribution < -0.4 is 5.32 Å². The van der Waals surface area contributed by atoms with Gasteiger partial charge in [-0.15, -0.1) is 11.3 Å². The molecule has 1 aliphatic rings. The van der Waals surface area contributed by atoms with Crippen molar-refractivity contribution in [1.82, 2.24) is 19.9 Å². The van der Waals surface area contributed by atoms with Crippen LogP contribution in [0.1, 0.15) is 35.4 Å². The number of amides is 1. The average molecular weight is 357 g/mol. The van der Waals surface area contributed by atoms with Crippen LogP contribution in [-0.4, -0.2) is 38.8 Å². The molecule has 6 nitrogen and oxygen atoms in total. The van der Waals surface area contributed by atoms with Crippen molar-refractivity contribution in [3.63, 3.8) is 0 Å². The van der Waals surface area contributed by atoms with Gasteiger partial charge in [-0.3, -0.25) is 9.78 Å². The zero-order chi connectivity index (χ0) is 17.4. The minimum absolute atomic E-state index is 0.0655. The lowest BCUT2D eigenvalue weighted by atomic mass is 10.1. The van der Waals surface area contributed by atoms with Crippen molar-refractivity contribution < 1.29 is 9.18 Å². The molecule has 0 unspecified atom stereocenters. The van der Waals surface area contributed by atoms with E-state index in [0.717, 1.165) is 35.9 Å². The molecule has 0 radical (unpaired) electrons. The van der Waals surface area contributed by atoms with E-state index in [9.17, 15) is 9.18 Å². The lowest BCUT2D eigenvalue weighted by molar-refractivity contribution is 0.0648. The third-order valence-electron chi connectivity index (χ3n) is 4.22. The lowest BCUT2D eigenvalue weighted by Gasteiger charge is -2.30. The number of anilines is 1. The summed E-state index contributed by atoms with van der Waals surface area (Å²) in [6.45, 7) is 3.40. The molecule has 1 N–H and O–H groups in total. The largest absolute Gasteiger partial charge is 0.348 e. The van der Waals surface area contributed by atoms with E-state index in [1.165, 1.54) is 17.4 Å². The standard InChI is InChI=1S/C17H16FN5OS/c1-10(11-7-12(18)9-19-8-11)20-17-21-13-3-6-25-15(13)14(22-17)16(24)23-4-2-5-23/h3,6-10H,2,4-5H2,1H3,(H,20,21,22)/t10-/m0/s1. The maximum atomic E-state index is 13.4. The van der Waals surface area contributed by atoms with Crippen LogP contribution in [0.4, 0.5) is 10.3 Å². The smallest absolute Gasteiger partial charge is 0.274 e. The Morgan fingerprint density at radius 3 is 2.92 bits per heavy atom. The topological polar surface area (TPSA) is 71.0 Å². The molecule has 0 bridgehead atoms. The summed E-state index contributed by atoms with van der Waals surface area (Å²) in [5.41, 5.74) is 1.84. The molecule has 0 spiro atoms. The molecule has 4 heterocycles. The number of nitrogens with zero attached hydrogens (tertiary/aromatic N) is 4. The van der Waals surface area contributed by atoms with E-state index in [2.05, 4.69) is 20.3 Å². The number of halogens is 1. The molecule has 1 fully saturated rings. The van der Waals surface area contributed by atoms with Crippen LogP contribution in [0.25, 0.3) is 10.2 Å². The molecule has 1 saturated heterocycles. The van der Waals surface area contributed by atoms with Gasteiger partial charge in [0.25, 0.3) is 5.91 Å². The highest BCUT2D eigenvalue weighted by Gasteiger charge is 2.26. The van der Waals surface area contributed by atoms with Crippen LogP contribution in [-0.2, 0) is 0 Å². The Morgan fingerprint density at radius 2 is 2.20 bits per heavy atom. The molecule has 25 heavy (non-hydrogen) atoms. The van der Waals surface area contributed by atoms with Crippen LogP contribution in [0.3, 0.4) is 0 Å². The fraction of sp³-hybridized carbons (Fsp3) is 0.294. The molecule has 4 rings (SSSR count). The summed E-state index contributed by atoms with van der Waals surface area (Å²) in [6, 6.07) is 3.04. The molecule has 0 aromatic carbocycles. The highest BCUT2D eigenvalue weighted by molar-refractivity contribution is 7.17. The first kappa shape index (κ1) is 15.9. The first-order valence-electron chi connectivity index (χ1n) is 8.03. The first-order chi connectivity index (χ1) is 12.1. The van der Waals surface area contributed by atoms with Crippen molar-refractivity contribution in [2.24, 2.45) is 0 Å².